The summed E-state index contributed by atoms with van der Waals surface area (Å²) in [4.78, 5) is 8.98. The van der Waals surface area contributed by atoms with E-state index in [0.29, 0.717) is 11.8 Å². The molecule has 2 aliphatic rings. The lowest BCUT2D eigenvalue weighted by Crippen LogP contribution is -2.05. The highest BCUT2D eigenvalue weighted by Gasteiger charge is 2.21. The number of aromatic nitrogens is 2. The van der Waals surface area contributed by atoms with E-state index in [1.54, 1.807) is 12.4 Å². The van der Waals surface area contributed by atoms with Crippen LogP contribution < -0.4 is 9.47 Å². The average Bonchev–Trinajstić information content (AvgIpc) is 3.05. The van der Waals surface area contributed by atoms with Crippen molar-refractivity contribution in [1.82, 2.24) is 9.97 Å². The van der Waals surface area contributed by atoms with E-state index in [4.69, 9.17) is 9.47 Å². The SMILES string of the molecule is c1ccc(Oc2cc(-c3cc(Oc4ccccn4)c4c5c(ccc4c3)CCCC5)cc3ccc4c(c23)CCCC4)nc1. The molecule has 0 fully saturated rings. The summed E-state index contributed by atoms with van der Waals surface area (Å²) in [6.07, 6.45) is 12.9. The van der Waals surface area contributed by atoms with Crippen molar-refractivity contribution in [3.63, 3.8) is 0 Å². The minimum Gasteiger partial charge on any atom is -0.438 e. The Kier molecular flexibility index (Phi) is 6.33. The van der Waals surface area contributed by atoms with Gasteiger partial charge in [-0.05, 0) is 132 Å². The largest absolute Gasteiger partial charge is 0.438 e. The van der Waals surface area contributed by atoms with Crippen molar-refractivity contribution in [1.29, 1.82) is 0 Å². The van der Waals surface area contributed by atoms with Crippen LogP contribution >= 0.6 is 0 Å². The first-order chi connectivity index (χ1) is 20.8. The Balaban J connectivity index is 1.34. The summed E-state index contributed by atoms with van der Waals surface area (Å²) >= 11 is 0. The van der Waals surface area contributed by atoms with E-state index in [2.05, 4.69) is 58.5 Å². The molecule has 0 N–H and O–H groups in total. The van der Waals surface area contributed by atoms with E-state index in [1.165, 1.54) is 69.5 Å². The minimum absolute atomic E-state index is 0.605. The van der Waals surface area contributed by atoms with E-state index in [1.807, 2.05) is 36.4 Å². The molecule has 6 aromatic rings. The topological polar surface area (TPSA) is 44.2 Å². The summed E-state index contributed by atoms with van der Waals surface area (Å²) in [5.41, 5.74) is 7.90. The molecule has 0 aliphatic heterocycles. The molecule has 0 atom stereocenters. The van der Waals surface area contributed by atoms with Gasteiger partial charge in [0.1, 0.15) is 11.5 Å². The Morgan fingerprint density at radius 2 is 0.952 bits per heavy atom. The first kappa shape index (κ1) is 25.0. The number of fused-ring (bicyclic) bond motifs is 6. The third-order valence-corrected chi connectivity index (χ3v) is 8.86. The number of hydrogen-bond donors (Lipinski definition) is 0. The van der Waals surface area contributed by atoms with Gasteiger partial charge in [-0.3, -0.25) is 0 Å². The highest BCUT2D eigenvalue weighted by molar-refractivity contribution is 6.00. The Morgan fingerprint density at radius 1 is 0.476 bits per heavy atom. The zero-order valence-electron chi connectivity index (χ0n) is 23.6. The zero-order chi connectivity index (χ0) is 27.9. The molecule has 0 amide bonds. The Labute approximate surface area is 246 Å². The van der Waals surface area contributed by atoms with Gasteiger partial charge in [0.25, 0.3) is 0 Å². The number of benzene rings is 4. The van der Waals surface area contributed by atoms with Crippen LogP contribution in [0.3, 0.4) is 0 Å². The van der Waals surface area contributed by atoms with Crippen LogP contribution in [-0.4, -0.2) is 9.97 Å². The smallest absolute Gasteiger partial charge is 0.219 e. The molecule has 2 aromatic heterocycles. The highest BCUT2D eigenvalue weighted by Crippen LogP contribution is 2.44. The van der Waals surface area contributed by atoms with Gasteiger partial charge < -0.3 is 9.47 Å². The number of pyridine rings is 2. The lowest BCUT2D eigenvalue weighted by atomic mass is 9.85. The van der Waals surface area contributed by atoms with Crippen molar-refractivity contribution >= 4 is 21.5 Å². The molecule has 4 heteroatoms. The van der Waals surface area contributed by atoms with Crippen LogP contribution in [0.15, 0.2) is 97.3 Å². The fourth-order valence-corrected chi connectivity index (χ4v) is 6.89. The molecule has 2 heterocycles. The van der Waals surface area contributed by atoms with Crippen molar-refractivity contribution in [3.8, 4) is 34.4 Å². The van der Waals surface area contributed by atoms with E-state index in [9.17, 15) is 0 Å². The maximum absolute atomic E-state index is 6.56. The lowest BCUT2D eigenvalue weighted by Gasteiger charge is -2.22. The van der Waals surface area contributed by atoms with Gasteiger partial charge in [-0.25, -0.2) is 9.97 Å². The molecule has 2 aliphatic carbocycles. The van der Waals surface area contributed by atoms with Gasteiger partial charge in [0, 0.05) is 35.3 Å². The van der Waals surface area contributed by atoms with Gasteiger partial charge in [-0.2, -0.15) is 0 Å². The van der Waals surface area contributed by atoms with Gasteiger partial charge in [0.15, 0.2) is 0 Å². The van der Waals surface area contributed by atoms with E-state index < -0.39 is 0 Å². The molecule has 0 unspecified atom stereocenters. The van der Waals surface area contributed by atoms with Crippen molar-refractivity contribution in [2.75, 3.05) is 0 Å². The van der Waals surface area contributed by atoms with Crippen LogP contribution in [0.1, 0.15) is 47.9 Å². The van der Waals surface area contributed by atoms with Gasteiger partial charge in [0.05, 0.1) is 0 Å². The second-order valence-electron chi connectivity index (χ2n) is 11.5. The first-order valence-corrected chi connectivity index (χ1v) is 15.2. The van der Waals surface area contributed by atoms with E-state index in [0.717, 1.165) is 48.3 Å². The van der Waals surface area contributed by atoms with Gasteiger partial charge in [-0.15, -0.1) is 0 Å². The number of aryl methyl sites for hydroxylation is 4. The standard InChI is InChI=1S/C38H32N2O2/c1-3-11-31-25(9-1)15-17-27-21-29(23-33(37(27)31)41-35-13-5-7-19-39-35)30-22-28-18-16-26-10-2-4-12-32(26)38(28)34(24-30)42-36-14-6-8-20-40-36/h5-8,13-24H,1-4,9-12H2. The number of ether oxygens (including phenoxy) is 2. The second kappa shape index (κ2) is 10.6. The van der Waals surface area contributed by atoms with Crippen molar-refractivity contribution in [2.24, 2.45) is 0 Å². The number of hydrogen-bond acceptors (Lipinski definition) is 4. The van der Waals surface area contributed by atoms with Crippen LogP contribution in [0, 0.1) is 0 Å². The Morgan fingerprint density at radius 3 is 1.40 bits per heavy atom. The maximum atomic E-state index is 6.56. The van der Waals surface area contributed by atoms with E-state index >= 15 is 0 Å². The maximum Gasteiger partial charge on any atom is 0.219 e. The van der Waals surface area contributed by atoms with Gasteiger partial charge >= 0.3 is 0 Å². The molecule has 4 aromatic carbocycles. The van der Waals surface area contributed by atoms with Crippen molar-refractivity contribution < 1.29 is 9.47 Å². The lowest BCUT2D eigenvalue weighted by molar-refractivity contribution is 0.467. The summed E-state index contributed by atoms with van der Waals surface area (Å²) in [6.45, 7) is 0. The molecule has 0 saturated heterocycles. The summed E-state index contributed by atoms with van der Waals surface area (Å²) < 4.78 is 13.1. The second-order valence-corrected chi connectivity index (χ2v) is 11.5. The Hall–Kier alpha value is -4.70. The van der Waals surface area contributed by atoms with Crippen LogP contribution in [0.2, 0.25) is 0 Å². The van der Waals surface area contributed by atoms with E-state index in [-0.39, 0.29) is 0 Å². The molecule has 0 bridgehead atoms. The number of nitrogens with zero attached hydrogens (tertiary/aromatic N) is 2. The van der Waals surface area contributed by atoms with Crippen LogP contribution in [-0.2, 0) is 25.7 Å². The molecular weight excluding hydrogens is 516 g/mol. The summed E-state index contributed by atoms with van der Waals surface area (Å²) in [6, 6.07) is 29.8. The first-order valence-electron chi connectivity index (χ1n) is 15.2. The van der Waals surface area contributed by atoms with Crippen molar-refractivity contribution in [2.45, 2.75) is 51.4 Å². The normalized spacial score (nSPS) is 14.4. The number of rotatable bonds is 5. The van der Waals surface area contributed by atoms with Crippen LogP contribution in [0.5, 0.6) is 23.3 Å². The molecule has 206 valence electrons. The summed E-state index contributed by atoms with van der Waals surface area (Å²) in [7, 11) is 0. The molecule has 42 heavy (non-hydrogen) atoms. The molecule has 0 radical (unpaired) electrons. The third-order valence-electron chi connectivity index (χ3n) is 8.86. The highest BCUT2D eigenvalue weighted by atomic mass is 16.5. The molecule has 4 nitrogen and oxygen atoms in total. The fraction of sp³-hybridized carbons (Fsp3) is 0.211. The quantitative estimate of drug-likeness (QED) is 0.215. The fourth-order valence-electron chi connectivity index (χ4n) is 6.89. The molecule has 8 rings (SSSR count). The van der Waals surface area contributed by atoms with Crippen molar-refractivity contribution in [3.05, 3.63) is 120 Å². The zero-order valence-corrected chi connectivity index (χ0v) is 23.6. The summed E-state index contributed by atoms with van der Waals surface area (Å²) in [5, 5.41) is 4.80. The average molecular weight is 549 g/mol. The molecule has 0 saturated carbocycles. The predicted octanol–water partition coefficient (Wildman–Crippen LogP) is 9.79. The third kappa shape index (κ3) is 4.57. The monoisotopic (exact) mass is 548 g/mol. The van der Waals surface area contributed by atoms with Gasteiger partial charge in [0.2, 0.25) is 11.8 Å². The van der Waals surface area contributed by atoms with Gasteiger partial charge in [-0.1, -0.05) is 36.4 Å². The molecule has 0 spiro atoms. The summed E-state index contributed by atoms with van der Waals surface area (Å²) in [5.74, 6) is 2.93. The molecular formula is C38H32N2O2. The Bertz CT molecular complexity index is 1790. The van der Waals surface area contributed by atoms with Crippen LogP contribution in [0.25, 0.3) is 32.7 Å². The van der Waals surface area contributed by atoms with Crippen LogP contribution in [0.4, 0.5) is 0 Å². The minimum atomic E-state index is 0.605. The predicted molar refractivity (Wildman–Crippen MR) is 169 cm³/mol.